The molecule has 0 saturated carbocycles. The summed E-state index contributed by atoms with van der Waals surface area (Å²) in [5, 5.41) is 4.27. The molecule has 1 fully saturated rings. The van der Waals surface area contributed by atoms with Gasteiger partial charge in [-0.05, 0) is 79.7 Å². The van der Waals surface area contributed by atoms with Crippen molar-refractivity contribution < 1.29 is 0 Å². The summed E-state index contributed by atoms with van der Waals surface area (Å²) < 4.78 is 2.25. The van der Waals surface area contributed by atoms with E-state index in [9.17, 15) is 0 Å². The van der Waals surface area contributed by atoms with Crippen molar-refractivity contribution in [3.63, 3.8) is 0 Å². The fourth-order valence-electron chi connectivity index (χ4n) is 4.57. The highest BCUT2D eigenvalue weighted by Gasteiger charge is 2.41. The number of rotatable bonds is 5. The van der Waals surface area contributed by atoms with E-state index < -0.39 is 0 Å². The Hall–Kier alpha value is -3.58. The molecule has 7 heteroatoms. The van der Waals surface area contributed by atoms with Gasteiger partial charge >= 0.3 is 0 Å². The lowest BCUT2D eigenvalue weighted by Crippen LogP contribution is -2.29. The van der Waals surface area contributed by atoms with Crippen LogP contribution >= 0.6 is 12.2 Å². The zero-order valence-electron chi connectivity index (χ0n) is 18.0. The number of pyridine rings is 3. The first-order chi connectivity index (χ1) is 15.6. The first-order valence-corrected chi connectivity index (χ1v) is 11.0. The van der Waals surface area contributed by atoms with E-state index in [1.807, 2.05) is 55.1 Å². The molecule has 1 saturated heterocycles. The van der Waals surface area contributed by atoms with Gasteiger partial charge in [0.15, 0.2) is 5.11 Å². The van der Waals surface area contributed by atoms with Gasteiger partial charge < -0.3 is 14.8 Å². The minimum Gasteiger partial charge on any atom is -0.352 e. The minimum absolute atomic E-state index is 0.00202. The molecule has 5 heterocycles. The third-order valence-electron chi connectivity index (χ3n) is 5.99. The standard InChI is InChI=1S/C25H24N6S/c1-17-14-21(18(2)31(17)20-6-5-10-27-15-20)24-23(22-7-3-4-11-28-22)29-25(32)30(24)16-19-8-12-26-13-9-19/h3-15,23-24H,16H2,1-2H3,(H,29,32)/t23-,24+/m1/s1. The fraction of sp³-hybridized carbons (Fsp3) is 0.200. The summed E-state index contributed by atoms with van der Waals surface area (Å²) in [5.74, 6) is 0. The summed E-state index contributed by atoms with van der Waals surface area (Å²) in [6, 6.07) is 16.4. The van der Waals surface area contributed by atoms with Gasteiger partial charge in [0.05, 0.1) is 29.7 Å². The zero-order chi connectivity index (χ0) is 22.1. The van der Waals surface area contributed by atoms with Gasteiger partial charge in [-0.15, -0.1) is 0 Å². The Kier molecular flexibility index (Phi) is 5.41. The van der Waals surface area contributed by atoms with Gasteiger partial charge in [-0.25, -0.2) is 0 Å². The smallest absolute Gasteiger partial charge is 0.170 e. The van der Waals surface area contributed by atoms with Gasteiger partial charge in [0.2, 0.25) is 0 Å². The van der Waals surface area contributed by atoms with Gasteiger partial charge in [0, 0.05) is 42.7 Å². The predicted molar refractivity (Wildman–Crippen MR) is 128 cm³/mol. The van der Waals surface area contributed by atoms with E-state index >= 15 is 0 Å². The molecular formula is C25H24N6S. The maximum absolute atomic E-state index is 5.82. The highest BCUT2D eigenvalue weighted by atomic mass is 32.1. The molecule has 6 nitrogen and oxygen atoms in total. The molecule has 4 aromatic heterocycles. The lowest BCUT2D eigenvalue weighted by Gasteiger charge is -2.28. The molecule has 1 aliphatic rings. The molecule has 1 N–H and O–H groups in total. The molecule has 4 aromatic rings. The second-order valence-electron chi connectivity index (χ2n) is 7.98. The third kappa shape index (κ3) is 3.65. The van der Waals surface area contributed by atoms with Crippen molar-refractivity contribution in [2.75, 3.05) is 0 Å². The summed E-state index contributed by atoms with van der Waals surface area (Å²) in [4.78, 5) is 15.4. The number of thiocarbonyl (C=S) groups is 1. The Balaban J connectivity index is 1.62. The second-order valence-corrected chi connectivity index (χ2v) is 8.37. The molecule has 0 aliphatic carbocycles. The Morgan fingerprint density at radius 1 is 0.969 bits per heavy atom. The van der Waals surface area contributed by atoms with Crippen LogP contribution in [0.15, 0.2) is 79.5 Å². The number of hydrogen-bond donors (Lipinski definition) is 1. The van der Waals surface area contributed by atoms with Gasteiger partial charge in [0.25, 0.3) is 0 Å². The van der Waals surface area contributed by atoms with E-state index in [0.29, 0.717) is 6.54 Å². The van der Waals surface area contributed by atoms with Crippen molar-refractivity contribution in [3.05, 3.63) is 108 Å². The highest BCUT2D eigenvalue weighted by Crippen LogP contribution is 2.42. The van der Waals surface area contributed by atoms with Crippen molar-refractivity contribution >= 4 is 17.3 Å². The van der Waals surface area contributed by atoms with Crippen LogP contribution < -0.4 is 5.32 Å². The van der Waals surface area contributed by atoms with Crippen LogP contribution in [0.4, 0.5) is 0 Å². The third-order valence-corrected chi connectivity index (χ3v) is 6.35. The first-order valence-electron chi connectivity index (χ1n) is 10.6. The topological polar surface area (TPSA) is 58.9 Å². The van der Waals surface area contributed by atoms with Crippen LogP contribution in [0.3, 0.4) is 0 Å². The Labute approximate surface area is 193 Å². The quantitative estimate of drug-likeness (QED) is 0.463. The van der Waals surface area contributed by atoms with Gasteiger partial charge in [-0.2, -0.15) is 0 Å². The van der Waals surface area contributed by atoms with E-state index in [0.717, 1.165) is 27.8 Å². The van der Waals surface area contributed by atoms with E-state index in [4.69, 9.17) is 12.2 Å². The summed E-state index contributed by atoms with van der Waals surface area (Å²) >= 11 is 5.82. The summed E-state index contributed by atoms with van der Waals surface area (Å²) in [6.07, 6.45) is 9.17. The summed E-state index contributed by atoms with van der Waals surface area (Å²) in [6.45, 7) is 4.99. The maximum Gasteiger partial charge on any atom is 0.170 e. The van der Waals surface area contributed by atoms with Crippen LogP contribution in [0.2, 0.25) is 0 Å². The molecule has 0 spiro atoms. The summed E-state index contributed by atoms with van der Waals surface area (Å²) in [5.41, 5.74) is 6.75. The molecule has 0 bridgehead atoms. The molecule has 32 heavy (non-hydrogen) atoms. The molecule has 0 unspecified atom stereocenters. The van der Waals surface area contributed by atoms with E-state index in [1.165, 1.54) is 11.3 Å². The largest absolute Gasteiger partial charge is 0.352 e. The SMILES string of the molecule is Cc1cc([C@H]2[C@@H](c3ccccn3)NC(=S)N2Cc2ccncc2)c(C)n1-c1cccnc1. The molecule has 1 aliphatic heterocycles. The average molecular weight is 441 g/mol. The average Bonchev–Trinajstić information content (AvgIpc) is 3.30. The number of aromatic nitrogens is 4. The molecule has 160 valence electrons. The van der Waals surface area contributed by atoms with Crippen LogP contribution in [0.25, 0.3) is 5.69 Å². The Bertz CT molecular complexity index is 1220. The van der Waals surface area contributed by atoms with Crippen molar-refractivity contribution in [1.29, 1.82) is 0 Å². The van der Waals surface area contributed by atoms with E-state index in [-0.39, 0.29) is 12.1 Å². The highest BCUT2D eigenvalue weighted by molar-refractivity contribution is 7.80. The molecule has 0 radical (unpaired) electrons. The number of nitrogens with one attached hydrogen (secondary N) is 1. The molecule has 5 rings (SSSR count). The number of aryl methyl sites for hydroxylation is 1. The van der Waals surface area contributed by atoms with E-state index in [1.54, 1.807) is 6.20 Å². The molecular weight excluding hydrogens is 416 g/mol. The zero-order valence-corrected chi connectivity index (χ0v) is 18.8. The molecule has 0 amide bonds. The Morgan fingerprint density at radius 2 is 1.81 bits per heavy atom. The number of nitrogens with zero attached hydrogens (tertiary/aromatic N) is 5. The van der Waals surface area contributed by atoms with Crippen molar-refractivity contribution in [2.45, 2.75) is 32.5 Å². The number of hydrogen-bond acceptors (Lipinski definition) is 4. The Morgan fingerprint density at radius 3 is 2.53 bits per heavy atom. The maximum atomic E-state index is 5.82. The van der Waals surface area contributed by atoms with Crippen LogP contribution in [0.1, 0.15) is 40.3 Å². The monoisotopic (exact) mass is 440 g/mol. The van der Waals surface area contributed by atoms with Crippen molar-refractivity contribution in [1.82, 2.24) is 29.7 Å². The molecule has 2 atom stereocenters. The first kappa shape index (κ1) is 20.3. The van der Waals surface area contributed by atoms with Gasteiger partial charge in [0.1, 0.15) is 0 Å². The lowest BCUT2D eigenvalue weighted by molar-refractivity contribution is 0.310. The van der Waals surface area contributed by atoms with Crippen LogP contribution in [-0.4, -0.2) is 29.5 Å². The van der Waals surface area contributed by atoms with Gasteiger partial charge in [-0.1, -0.05) is 6.07 Å². The lowest BCUT2D eigenvalue weighted by atomic mass is 9.96. The predicted octanol–water partition coefficient (Wildman–Crippen LogP) is 4.45. The van der Waals surface area contributed by atoms with Gasteiger partial charge in [-0.3, -0.25) is 15.0 Å². The van der Waals surface area contributed by atoms with Crippen LogP contribution in [0, 0.1) is 13.8 Å². The normalized spacial score (nSPS) is 18.1. The summed E-state index contributed by atoms with van der Waals surface area (Å²) in [7, 11) is 0. The van der Waals surface area contributed by atoms with Crippen molar-refractivity contribution in [2.24, 2.45) is 0 Å². The van der Waals surface area contributed by atoms with E-state index in [2.05, 4.69) is 61.8 Å². The van der Waals surface area contributed by atoms with Crippen LogP contribution in [-0.2, 0) is 6.54 Å². The van der Waals surface area contributed by atoms with Crippen LogP contribution in [0.5, 0.6) is 0 Å². The van der Waals surface area contributed by atoms with Crippen molar-refractivity contribution in [3.8, 4) is 5.69 Å². The minimum atomic E-state index is -0.0478. The second kappa shape index (κ2) is 8.51. The fourth-order valence-corrected chi connectivity index (χ4v) is 4.87. The molecule has 0 aromatic carbocycles.